The van der Waals surface area contributed by atoms with E-state index in [1.165, 1.54) is 4.88 Å². The Morgan fingerprint density at radius 2 is 2.50 bits per heavy atom. The van der Waals surface area contributed by atoms with Crippen LogP contribution in [-0.4, -0.2) is 7.05 Å². The van der Waals surface area contributed by atoms with E-state index < -0.39 is 0 Å². The number of thiophene rings is 1. The van der Waals surface area contributed by atoms with E-state index in [1.807, 2.05) is 24.6 Å². The molecule has 1 unspecified atom stereocenters. The van der Waals surface area contributed by atoms with Gasteiger partial charge in [-0.25, -0.2) is 5.43 Å². The van der Waals surface area contributed by atoms with Gasteiger partial charge in [0.2, 0.25) is 0 Å². The molecule has 0 spiro atoms. The van der Waals surface area contributed by atoms with Crippen molar-refractivity contribution < 1.29 is 0 Å². The SMILES string of the molecule is CNC(NN)c1cccs1. The average molecular weight is 157 g/mol. The van der Waals surface area contributed by atoms with Crippen molar-refractivity contribution in [2.45, 2.75) is 6.17 Å². The number of hydrogen-bond acceptors (Lipinski definition) is 4. The average Bonchev–Trinajstić information content (AvgIpc) is 2.43. The Kier molecular flexibility index (Phi) is 2.82. The molecule has 4 heteroatoms. The van der Waals surface area contributed by atoms with E-state index in [1.54, 1.807) is 11.3 Å². The van der Waals surface area contributed by atoms with Gasteiger partial charge in [0.1, 0.15) is 6.17 Å². The quantitative estimate of drug-likeness (QED) is 0.339. The van der Waals surface area contributed by atoms with E-state index in [9.17, 15) is 0 Å². The van der Waals surface area contributed by atoms with E-state index >= 15 is 0 Å². The first-order valence-corrected chi connectivity index (χ1v) is 3.93. The van der Waals surface area contributed by atoms with Crippen LogP contribution in [0.25, 0.3) is 0 Å². The second-order valence-corrected chi connectivity index (χ2v) is 2.88. The predicted octanol–water partition coefficient (Wildman–Crippen LogP) is 0.429. The van der Waals surface area contributed by atoms with Gasteiger partial charge in [0.15, 0.2) is 0 Å². The molecule has 0 fully saturated rings. The maximum atomic E-state index is 5.27. The summed E-state index contributed by atoms with van der Waals surface area (Å²) in [6.45, 7) is 0. The van der Waals surface area contributed by atoms with E-state index in [0.717, 1.165) is 0 Å². The van der Waals surface area contributed by atoms with E-state index in [2.05, 4.69) is 10.7 Å². The van der Waals surface area contributed by atoms with Crippen molar-refractivity contribution in [1.29, 1.82) is 0 Å². The molecule has 3 nitrogen and oxygen atoms in total. The van der Waals surface area contributed by atoms with Crippen LogP contribution in [0.1, 0.15) is 11.0 Å². The Hall–Kier alpha value is -0.420. The van der Waals surface area contributed by atoms with Crippen LogP contribution in [0.15, 0.2) is 17.5 Å². The Labute approximate surface area is 64.2 Å². The number of nitrogens with one attached hydrogen (secondary N) is 2. The summed E-state index contributed by atoms with van der Waals surface area (Å²) in [4.78, 5) is 1.20. The van der Waals surface area contributed by atoms with Gasteiger partial charge in [-0.1, -0.05) is 6.07 Å². The summed E-state index contributed by atoms with van der Waals surface area (Å²) in [5, 5.41) is 5.05. The largest absolute Gasteiger partial charge is 0.300 e. The molecule has 10 heavy (non-hydrogen) atoms. The lowest BCUT2D eigenvalue weighted by Gasteiger charge is -2.11. The molecule has 1 heterocycles. The van der Waals surface area contributed by atoms with Crippen molar-refractivity contribution in [3.63, 3.8) is 0 Å². The lowest BCUT2D eigenvalue weighted by Crippen LogP contribution is -2.35. The van der Waals surface area contributed by atoms with Crippen LogP contribution in [-0.2, 0) is 0 Å². The highest BCUT2D eigenvalue weighted by molar-refractivity contribution is 7.10. The van der Waals surface area contributed by atoms with Crippen LogP contribution in [0.4, 0.5) is 0 Å². The van der Waals surface area contributed by atoms with Gasteiger partial charge < -0.3 is 0 Å². The highest BCUT2D eigenvalue weighted by Crippen LogP contribution is 2.14. The summed E-state index contributed by atoms with van der Waals surface area (Å²) >= 11 is 1.68. The van der Waals surface area contributed by atoms with Gasteiger partial charge in [-0.3, -0.25) is 11.2 Å². The zero-order valence-corrected chi connectivity index (χ0v) is 6.61. The molecule has 0 amide bonds. The van der Waals surface area contributed by atoms with E-state index in [4.69, 9.17) is 5.84 Å². The van der Waals surface area contributed by atoms with Gasteiger partial charge in [0, 0.05) is 4.88 Å². The number of rotatable bonds is 3. The highest BCUT2D eigenvalue weighted by atomic mass is 32.1. The van der Waals surface area contributed by atoms with Crippen molar-refractivity contribution in [2.24, 2.45) is 5.84 Å². The summed E-state index contributed by atoms with van der Waals surface area (Å²) in [6, 6.07) is 4.04. The highest BCUT2D eigenvalue weighted by Gasteiger charge is 2.05. The van der Waals surface area contributed by atoms with Gasteiger partial charge in [0.25, 0.3) is 0 Å². The minimum absolute atomic E-state index is 0.0833. The van der Waals surface area contributed by atoms with Crippen molar-refractivity contribution in [3.8, 4) is 0 Å². The molecule has 1 aromatic heterocycles. The molecular weight excluding hydrogens is 146 g/mol. The molecule has 1 rings (SSSR count). The Balaban J connectivity index is 2.64. The van der Waals surface area contributed by atoms with Crippen LogP contribution in [0.3, 0.4) is 0 Å². The molecule has 56 valence electrons. The second-order valence-electron chi connectivity index (χ2n) is 1.90. The summed E-state index contributed by atoms with van der Waals surface area (Å²) in [6.07, 6.45) is 0.0833. The minimum atomic E-state index is 0.0833. The molecule has 0 aliphatic carbocycles. The summed E-state index contributed by atoms with van der Waals surface area (Å²) < 4.78 is 0. The smallest absolute Gasteiger partial charge is 0.105 e. The van der Waals surface area contributed by atoms with Gasteiger partial charge in [-0.15, -0.1) is 11.3 Å². The third-order valence-corrected chi connectivity index (χ3v) is 2.22. The standard InChI is InChI=1S/C6H11N3S/c1-8-6(9-7)5-3-2-4-10-5/h2-4,6,8-9H,7H2,1H3. The fraction of sp³-hybridized carbons (Fsp3) is 0.333. The molecule has 0 radical (unpaired) electrons. The lowest BCUT2D eigenvalue weighted by molar-refractivity contribution is 0.496. The van der Waals surface area contributed by atoms with Crippen LogP contribution >= 0.6 is 11.3 Å². The molecule has 0 saturated carbocycles. The maximum Gasteiger partial charge on any atom is 0.105 e. The van der Waals surface area contributed by atoms with E-state index in [0.29, 0.717) is 0 Å². The maximum absolute atomic E-state index is 5.27. The van der Waals surface area contributed by atoms with Crippen LogP contribution in [0.5, 0.6) is 0 Å². The van der Waals surface area contributed by atoms with Gasteiger partial charge in [0.05, 0.1) is 0 Å². The molecule has 4 N–H and O–H groups in total. The van der Waals surface area contributed by atoms with Crippen molar-refractivity contribution in [1.82, 2.24) is 10.7 Å². The molecule has 0 aliphatic rings. The normalized spacial score (nSPS) is 13.4. The second kappa shape index (κ2) is 3.68. The van der Waals surface area contributed by atoms with Gasteiger partial charge >= 0.3 is 0 Å². The fourth-order valence-corrected chi connectivity index (χ4v) is 1.56. The molecule has 0 saturated heterocycles. The Bertz CT molecular complexity index is 169. The zero-order chi connectivity index (χ0) is 7.40. The fourth-order valence-electron chi connectivity index (χ4n) is 0.763. The van der Waals surface area contributed by atoms with Crippen molar-refractivity contribution in [3.05, 3.63) is 22.4 Å². The Morgan fingerprint density at radius 3 is 2.90 bits per heavy atom. The minimum Gasteiger partial charge on any atom is -0.300 e. The first-order chi connectivity index (χ1) is 4.88. The third kappa shape index (κ3) is 1.54. The summed E-state index contributed by atoms with van der Waals surface area (Å²) in [5.41, 5.74) is 2.65. The van der Waals surface area contributed by atoms with E-state index in [-0.39, 0.29) is 6.17 Å². The van der Waals surface area contributed by atoms with Gasteiger partial charge in [-0.2, -0.15) is 0 Å². The molecule has 0 aromatic carbocycles. The molecular formula is C6H11N3S. The molecule has 1 aromatic rings. The zero-order valence-electron chi connectivity index (χ0n) is 5.79. The molecule has 1 atom stereocenters. The first-order valence-electron chi connectivity index (χ1n) is 3.05. The summed E-state index contributed by atoms with van der Waals surface area (Å²) in [7, 11) is 1.87. The number of hydrazine groups is 1. The van der Waals surface area contributed by atoms with Crippen LogP contribution in [0, 0.1) is 0 Å². The Morgan fingerprint density at radius 1 is 1.70 bits per heavy atom. The third-order valence-electron chi connectivity index (χ3n) is 1.28. The number of hydrogen-bond donors (Lipinski definition) is 3. The van der Waals surface area contributed by atoms with Crippen molar-refractivity contribution in [2.75, 3.05) is 7.05 Å². The molecule has 0 aliphatic heterocycles. The summed E-state index contributed by atoms with van der Waals surface area (Å²) in [5.74, 6) is 5.27. The van der Waals surface area contributed by atoms with Crippen molar-refractivity contribution >= 4 is 11.3 Å². The topological polar surface area (TPSA) is 50.1 Å². The monoisotopic (exact) mass is 157 g/mol. The number of nitrogens with two attached hydrogens (primary N) is 1. The van der Waals surface area contributed by atoms with Gasteiger partial charge in [-0.05, 0) is 18.5 Å². The molecule has 0 bridgehead atoms. The van der Waals surface area contributed by atoms with Crippen LogP contribution in [0.2, 0.25) is 0 Å². The first kappa shape index (κ1) is 7.68. The lowest BCUT2D eigenvalue weighted by atomic mass is 10.4. The predicted molar refractivity (Wildman–Crippen MR) is 43.4 cm³/mol. The van der Waals surface area contributed by atoms with Crippen LogP contribution < -0.4 is 16.6 Å².